The fourth-order valence-corrected chi connectivity index (χ4v) is 3.17. The van der Waals surface area contributed by atoms with E-state index in [4.69, 9.17) is 9.47 Å². The minimum absolute atomic E-state index is 0.0848. The molecule has 2 aliphatic rings. The summed E-state index contributed by atoms with van der Waals surface area (Å²) in [6.07, 6.45) is 5.42. The number of hydrogen-bond donors (Lipinski definition) is 0. The molecule has 0 atom stereocenters. The standard InChI is InChI=1S/C13H19N3O2S/c1-2-4-16(5-3-1)11-8-12(15-10-14-11)19-9-13-17-6-7-18-13/h8,10,13H,1-7,9H2. The van der Waals surface area contributed by atoms with E-state index in [-0.39, 0.29) is 6.29 Å². The molecule has 3 rings (SSSR count). The average molecular weight is 281 g/mol. The maximum atomic E-state index is 5.42. The minimum Gasteiger partial charge on any atom is -0.356 e. The molecule has 0 radical (unpaired) electrons. The van der Waals surface area contributed by atoms with Crippen LogP contribution < -0.4 is 4.90 Å². The lowest BCUT2D eigenvalue weighted by Gasteiger charge is -2.27. The zero-order valence-corrected chi connectivity index (χ0v) is 11.8. The van der Waals surface area contributed by atoms with Crippen LogP contribution in [0.1, 0.15) is 19.3 Å². The highest BCUT2D eigenvalue weighted by Crippen LogP contribution is 2.24. The van der Waals surface area contributed by atoms with Crippen molar-refractivity contribution in [1.82, 2.24) is 9.97 Å². The van der Waals surface area contributed by atoms with Crippen LogP contribution in [-0.2, 0) is 9.47 Å². The predicted molar refractivity (Wildman–Crippen MR) is 74.5 cm³/mol. The lowest BCUT2D eigenvalue weighted by atomic mass is 10.1. The van der Waals surface area contributed by atoms with Gasteiger partial charge >= 0.3 is 0 Å². The third-order valence-electron chi connectivity index (χ3n) is 3.37. The quantitative estimate of drug-likeness (QED) is 0.621. The van der Waals surface area contributed by atoms with Crippen molar-refractivity contribution in [2.45, 2.75) is 30.6 Å². The molecular formula is C13H19N3O2S. The summed E-state index contributed by atoms with van der Waals surface area (Å²) in [6, 6.07) is 2.07. The first-order valence-electron chi connectivity index (χ1n) is 6.85. The van der Waals surface area contributed by atoms with Crippen molar-refractivity contribution in [2.24, 2.45) is 0 Å². The lowest BCUT2D eigenvalue weighted by molar-refractivity contribution is -0.0214. The van der Waals surface area contributed by atoms with Crippen molar-refractivity contribution in [1.29, 1.82) is 0 Å². The molecule has 3 heterocycles. The van der Waals surface area contributed by atoms with Gasteiger partial charge in [-0.05, 0) is 19.3 Å². The molecule has 0 aromatic carbocycles. The van der Waals surface area contributed by atoms with Crippen molar-refractivity contribution in [3.8, 4) is 0 Å². The summed E-state index contributed by atoms with van der Waals surface area (Å²) in [5, 5.41) is 0.995. The number of aromatic nitrogens is 2. The zero-order valence-electron chi connectivity index (χ0n) is 11.0. The van der Waals surface area contributed by atoms with Gasteiger partial charge < -0.3 is 14.4 Å². The molecule has 0 spiro atoms. The number of nitrogens with zero attached hydrogens (tertiary/aromatic N) is 3. The van der Waals surface area contributed by atoms with Gasteiger partial charge in [-0.2, -0.15) is 0 Å². The first-order valence-corrected chi connectivity index (χ1v) is 7.83. The molecule has 5 nitrogen and oxygen atoms in total. The zero-order chi connectivity index (χ0) is 12.9. The fraction of sp³-hybridized carbons (Fsp3) is 0.692. The molecule has 6 heteroatoms. The van der Waals surface area contributed by atoms with Gasteiger partial charge in [0.25, 0.3) is 0 Å². The summed E-state index contributed by atoms with van der Waals surface area (Å²) >= 11 is 1.67. The second kappa shape index (κ2) is 6.54. The molecule has 1 aromatic heterocycles. The van der Waals surface area contributed by atoms with Gasteiger partial charge in [0.15, 0.2) is 6.29 Å². The summed E-state index contributed by atoms with van der Waals surface area (Å²) in [5.41, 5.74) is 0. The molecule has 0 saturated carbocycles. The minimum atomic E-state index is -0.0848. The summed E-state index contributed by atoms with van der Waals surface area (Å²) < 4.78 is 10.8. The molecule has 19 heavy (non-hydrogen) atoms. The number of piperidine rings is 1. The first kappa shape index (κ1) is 13.1. The van der Waals surface area contributed by atoms with Crippen molar-refractivity contribution in [2.75, 3.05) is 37.0 Å². The van der Waals surface area contributed by atoms with Crippen LogP contribution in [0.25, 0.3) is 0 Å². The number of ether oxygens (including phenoxy) is 2. The molecule has 0 bridgehead atoms. The Morgan fingerprint density at radius 2 is 1.95 bits per heavy atom. The van der Waals surface area contributed by atoms with Gasteiger partial charge in [-0.15, -0.1) is 11.8 Å². The van der Waals surface area contributed by atoms with E-state index in [9.17, 15) is 0 Å². The summed E-state index contributed by atoms with van der Waals surface area (Å²) in [4.78, 5) is 11.0. The van der Waals surface area contributed by atoms with E-state index in [2.05, 4.69) is 20.9 Å². The van der Waals surface area contributed by atoms with Gasteiger partial charge in [-0.1, -0.05) is 0 Å². The summed E-state index contributed by atoms with van der Waals surface area (Å²) in [7, 11) is 0. The van der Waals surface area contributed by atoms with Gasteiger partial charge in [-0.25, -0.2) is 9.97 Å². The number of rotatable bonds is 4. The van der Waals surface area contributed by atoms with E-state index < -0.39 is 0 Å². The van der Waals surface area contributed by atoms with Gasteiger partial charge in [0.2, 0.25) is 0 Å². The Morgan fingerprint density at radius 1 is 1.16 bits per heavy atom. The molecule has 0 unspecified atom stereocenters. The molecular weight excluding hydrogens is 262 g/mol. The Bertz CT molecular complexity index is 407. The van der Waals surface area contributed by atoms with Crippen molar-refractivity contribution in [3.05, 3.63) is 12.4 Å². The van der Waals surface area contributed by atoms with Gasteiger partial charge in [0, 0.05) is 19.2 Å². The Hall–Kier alpha value is -0.850. The monoisotopic (exact) mass is 281 g/mol. The van der Waals surface area contributed by atoms with E-state index in [1.54, 1.807) is 18.1 Å². The smallest absolute Gasteiger partial charge is 0.167 e. The van der Waals surface area contributed by atoms with E-state index in [0.29, 0.717) is 13.2 Å². The second-order valence-corrected chi connectivity index (χ2v) is 5.78. The lowest BCUT2D eigenvalue weighted by Crippen LogP contribution is -2.30. The highest BCUT2D eigenvalue weighted by Gasteiger charge is 2.17. The van der Waals surface area contributed by atoms with Crippen LogP contribution in [0.15, 0.2) is 17.4 Å². The van der Waals surface area contributed by atoms with Crippen molar-refractivity contribution in [3.63, 3.8) is 0 Å². The van der Waals surface area contributed by atoms with Gasteiger partial charge in [0.05, 0.1) is 19.0 Å². The molecule has 1 aromatic rings. The SMILES string of the molecule is c1nc(SCC2OCCO2)cc(N2CCCCC2)n1. The van der Waals surface area contributed by atoms with E-state index in [1.165, 1.54) is 19.3 Å². The van der Waals surface area contributed by atoms with E-state index in [0.717, 1.165) is 29.7 Å². The number of hydrogen-bond acceptors (Lipinski definition) is 6. The third kappa shape index (κ3) is 3.58. The maximum absolute atomic E-state index is 5.42. The van der Waals surface area contributed by atoms with Gasteiger partial charge in [-0.3, -0.25) is 0 Å². The Labute approximate surface area is 117 Å². The largest absolute Gasteiger partial charge is 0.356 e. The van der Waals surface area contributed by atoms with Crippen LogP contribution in [0, 0.1) is 0 Å². The number of anilines is 1. The fourth-order valence-electron chi connectivity index (χ4n) is 2.36. The maximum Gasteiger partial charge on any atom is 0.167 e. The Morgan fingerprint density at radius 3 is 2.74 bits per heavy atom. The van der Waals surface area contributed by atoms with Crippen LogP contribution in [0.5, 0.6) is 0 Å². The third-order valence-corrected chi connectivity index (χ3v) is 4.32. The topological polar surface area (TPSA) is 47.5 Å². The molecule has 0 N–H and O–H groups in total. The van der Waals surface area contributed by atoms with E-state index in [1.807, 2.05) is 0 Å². The second-order valence-electron chi connectivity index (χ2n) is 4.74. The van der Waals surface area contributed by atoms with Crippen LogP contribution in [-0.4, -0.2) is 48.3 Å². The summed E-state index contributed by atoms with van der Waals surface area (Å²) in [6.45, 7) is 3.62. The highest BCUT2D eigenvalue weighted by atomic mass is 32.2. The van der Waals surface area contributed by atoms with Crippen LogP contribution in [0.3, 0.4) is 0 Å². The average Bonchev–Trinajstić information content (AvgIpc) is 3.00. The molecule has 2 saturated heterocycles. The Balaban J connectivity index is 1.58. The van der Waals surface area contributed by atoms with Crippen LogP contribution >= 0.6 is 11.8 Å². The van der Waals surface area contributed by atoms with Crippen molar-refractivity contribution >= 4 is 17.6 Å². The first-order chi connectivity index (χ1) is 9.42. The summed E-state index contributed by atoms with van der Waals surface area (Å²) in [5.74, 6) is 1.83. The molecule has 2 aliphatic heterocycles. The van der Waals surface area contributed by atoms with E-state index >= 15 is 0 Å². The molecule has 0 amide bonds. The predicted octanol–water partition coefficient (Wildman–Crippen LogP) is 1.93. The highest BCUT2D eigenvalue weighted by molar-refractivity contribution is 7.99. The number of thioether (sulfide) groups is 1. The molecule has 2 fully saturated rings. The van der Waals surface area contributed by atoms with Crippen molar-refractivity contribution < 1.29 is 9.47 Å². The van der Waals surface area contributed by atoms with Crippen LogP contribution in [0.2, 0.25) is 0 Å². The van der Waals surface area contributed by atoms with Gasteiger partial charge in [0.1, 0.15) is 17.2 Å². The Kier molecular flexibility index (Phi) is 4.53. The normalized spacial score (nSPS) is 20.9. The molecule has 0 aliphatic carbocycles. The molecule has 104 valence electrons. The van der Waals surface area contributed by atoms with Crippen LogP contribution in [0.4, 0.5) is 5.82 Å².